The van der Waals surface area contributed by atoms with Gasteiger partial charge in [-0.25, -0.2) is 9.97 Å². The Morgan fingerprint density at radius 1 is 1.08 bits per heavy atom. The highest BCUT2D eigenvalue weighted by Crippen LogP contribution is 2.37. The van der Waals surface area contributed by atoms with Crippen LogP contribution in [-0.2, 0) is 6.54 Å². The molecule has 3 aromatic heterocycles. The Bertz CT molecular complexity index is 1320. The normalized spacial score (nSPS) is 17.8. The van der Waals surface area contributed by atoms with Gasteiger partial charge in [0, 0.05) is 46.3 Å². The van der Waals surface area contributed by atoms with Gasteiger partial charge >= 0.3 is 0 Å². The molecule has 1 N–H and O–H groups in total. The lowest BCUT2D eigenvalue weighted by Crippen LogP contribution is -2.45. The molecule has 1 aromatic carbocycles. The zero-order valence-electron chi connectivity index (χ0n) is 20.4. The van der Waals surface area contributed by atoms with Crippen molar-refractivity contribution in [3.63, 3.8) is 0 Å². The maximum atomic E-state index is 14.0. The fourth-order valence-corrected chi connectivity index (χ4v) is 6.36. The molecular formula is C28H30ClN5OS. The number of amides is 1. The molecule has 0 spiro atoms. The molecule has 1 amide bonds. The predicted molar refractivity (Wildman–Crippen MR) is 146 cm³/mol. The third-order valence-corrected chi connectivity index (χ3v) is 8.46. The van der Waals surface area contributed by atoms with E-state index in [1.165, 1.54) is 11.3 Å². The SMILES string of the molecule is CCCNC1CCC(N(Cc2ccnc(-c3ccncc3)n2)C(=O)c2sc3ccccc3c2Cl)CC1. The molecule has 1 saturated carbocycles. The summed E-state index contributed by atoms with van der Waals surface area (Å²) in [6.45, 7) is 3.64. The fraction of sp³-hybridized carbons (Fsp3) is 0.357. The number of fused-ring (bicyclic) bond motifs is 1. The molecule has 1 fully saturated rings. The van der Waals surface area contributed by atoms with E-state index in [4.69, 9.17) is 16.6 Å². The topological polar surface area (TPSA) is 71.0 Å². The maximum absolute atomic E-state index is 14.0. The van der Waals surface area contributed by atoms with E-state index in [0.717, 1.165) is 60.0 Å². The molecule has 0 bridgehead atoms. The standard InChI is InChI=1S/C28H30ClN5OS/c1-2-14-31-20-7-9-22(10-8-20)34(28(35)26-25(29)23-5-3-4-6-24(23)36-26)18-21-13-17-32-27(33-21)19-11-15-30-16-12-19/h3-6,11-13,15-17,20,22,31H,2,7-10,14,18H2,1H3. The van der Waals surface area contributed by atoms with E-state index in [-0.39, 0.29) is 11.9 Å². The lowest BCUT2D eigenvalue weighted by Gasteiger charge is -2.37. The van der Waals surface area contributed by atoms with Gasteiger partial charge in [0.25, 0.3) is 5.91 Å². The third-order valence-electron chi connectivity index (χ3n) is 6.79. The van der Waals surface area contributed by atoms with Crippen molar-refractivity contribution in [3.8, 4) is 11.4 Å². The number of aromatic nitrogens is 3. The van der Waals surface area contributed by atoms with Crippen molar-refractivity contribution in [1.82, 2.24) is 25.2 Å². The summed E-state index contributed by atoms with van der Waals surface area (Å²) < 4.78 is 1.03. The molecule has 0 unspecified atom stereocenters. The summed E-state index contributed by atoms with van der Waals surface area (Å²) in [4.78, 5) is 30.0. The van der Waals surface area contributed by atoms with E-state index in [1.54, 1.807) is 18.6 Å². The first-order valence-corrected chi connectivity index (χ1v) is 13.8. The Labute approximate surface area is 220 Å². The molecule has 0 atom stereocenters. The van der Waals surface area contributed by atoms with E-state index in [9.17, 15) is 4.79 Å². The second-order valence-corrected chi connectivity index (χ2v) is 10.7. The first-order valence-electron chi connectivity index (χ1n) is 12.6. The molecule has 4 aromatic rings. The quantitative estimate of drug-likeness (QED) is 0.293. The Balaban J connectivity index is 1.43. The Morgan fingerprint density at radius 3 is 2.61 bits per heavy atom. The highest BCUT2D eigenvalue weighted by atomic mass is 35.5. The Morgan fingerprint density at radius 2 is 1.86 bits per heavy atom. The fourth-order valence-electron chi connectivity index (χ4n) is 4.89. The van der Waals surface area contributed by atoms with Gasteiger partial charge in [-0.05, 0) is 62.9 Å². The van der Waals surface area contributed by atoms with Crippen LogP contribution in [0, 0.1) is 0 Å². The second-order valence-electron chi connectivity index (χ2n) is 9.24. The van der Waals surface area contributed by atoms with Gasteiger partial charge in [-0.15, -0.1) is 11.3 Å². The number of nitrogens with one attached hydrogen (secondary N) is 1. The van der Waals surface area contributed by atoms with Crippen LogP contribution in [0.5, 0.6) is 0 Å². The Hall–Kier alpha value is -2.87. The minimum atomic E-state index is -0.0183. The average molecular weight is 520 g/mol. The van der Waals surface area contributed by atoms with Crippen molar-refractivity contribution in [2.45, 2.75) is 57.7 Å². The van der Waals surface area contributed by atoms with Crippen molar-refractivity contribution in [1.29, 1.82) is 0 Å². The molecule has 8 heteroatoms. The van der Waals surface area contributed by atoms with E-state index >= 15 is 0 Å². The van der Waals surface area contributed by atoms with Gasteiger partial charge in [0.1, 0.15) is 4.88 Å². The highest BCUT2D eigenvalue weighted by molar-refractivity contribution is 7.21. The summed E-state index contributed by atoms with van der Waals surface area (Å²) in [6.07, 6.45) is 10.4. The molecule has 0 saturated heterocycles. The summed E-state index contributed by atoms with van der Waals surface area (Å²) in [7, 11) is 0. The van der Waals surface area contributed by atoms with Crippen LogP contribution in [0.15, 0.2) is 61.1 Å². The van der Waals surface area contributed by atoms with E-state index in [0.29, 0.717) is 28.3 Å². The van der Waals surface area contributed by atoms with Gasteiger partial charge in [0.05, 0.1) is 17.3 Å². The first-order chi connectivity index (χ1) is 17.6. The monoisotopic (exact) mass is 519 g/mol. The van der Waals surface area contributed by atoms with Crippen LogP contribution in [0.1, 0.15) is 54.4 Å². The summed E-state index contributed by atoms with van der Waals surface area (Å²) in [5.74, 6) is 0.616. The zero-order chi connectivity index (χ0) is 24.9. The number of carbonyl (C=O) groups excluding carboxylic acids is 1. The molecule has 0 radical (unpaired) electrons. The number of rotatable bonds is 8. The number of halogens is 1. The van der Waals surface area contributed by atoms with Crippen LogP contribution in [0.2, 0.25) is 5.02 Å². The molecule has 186 valence electrons. The molecule has 0 aliphatic heterocycles. The average Bonchev–Trinajstić information content (AvgIpc) is 3.27. The van der Waals surface area contributed by atoms with Gasteiger partial charge < -0.3 is 10.2 Å². The zero-order valence-corrected chi connectivity index (χ0v) is 21.9. The van der Waals surface area contributed by atoms with Crippen molar-refractivity contribution in [2.24, 2.45) is 0 Å². The van der Waals surface area contributed by atoms with Gasteiger partial charge in [-0.1, -0.05) is 36.7 Å². The molecule has 36 heavy (non-hydrogen) atoms. The molecule has 3 heterocycles. The van der Waals surface area contributed by atoms with Gasteiger partial charge in [0.2, 0.25) is 0 Å². The van der Waals surface area contributed by atoms with Crippen LogP contribution in [0.25, 0.3) is 21.5 Å². The Kier molecular flexibility index (Phi) is 7.90. The summed E-state index contributed by atoms with van der Waals surface area (Å²) in [5.41, 5.74) is 1.72. The van der Waals surface area contributed by atoms with Gasteiger partial charge in [0.15, 0.2) is 5.82 Å². The largest absolute Gasteiger partial charge is 0.329 e. The number of hydrogen-bond donors (Lipinski definition) is 1. The number of nitrogens with zero attached hydrogens (tertiary/aromatic N) is 4. The summed E-state index contributed by atoms with van der Waals surface area (Å²) >= 11 is 8.22. The molecule has 6 nitrogen and oxygen atoms in total. The highest BCUT2D eigenvalue weighted by Gasteiger charge is 2.32. The number of benzene rings is 1. The van der Waals surface area contributed by atoms with Crippen LogP contribution in [0.4, 0.5) is 0 Å². The maximum Gasteiger partial charge on any atom is 0.266 e. The van der Waals surface area contributed by atoms with Crippen molar-refractivity contribution in [3.05, 3.63) is 76.6 Å². The van der Waals surface area contributed by atoms with Crippen molar-refractivity contribution in [2.75, 3.05) is 6.54 Å². The second kappa shape index (κ2) is 11.5. The number of pyridine rings is 1. The third kappa shape index (κ3) is 5.43. The minimum absolute atomic E-state index is 0.0183. The molecule has 5 rings (SSSR count). The predicted octanol–water partition coefficient (Wildman–Crippen LogP) is 6.36. The molecule has 1 aliphatic carbocycles. The van der Waals surface area contributed by atoms with E-state index < -0.39 is 0 Å². The lowest BCUT2D eigenvalue weighted by molar-refractivity contribution is 0.0601. The van der Waals surface area contributed by atoms with Crippen molar-refractivity contribution < 1.29 is 4.79 Å². The van der Waals surface area contributed by atoms with Gasteiger partial charge in [-0.2, -0.15) is 0 Å². The van der Waals surface area contributed by atoms with Crippen LogP contribution >= 0.6 is 22.9 Å². The number of hydrogen-bond acceptors (Lipinski definition) is 6. The number of carbonyl (C=O) groups is 1. The minimum Gasteiger partial charge on any atom is -0.329 e. The first kappa shape index (κ1) is 24.8. The van der Waals surface area contributed by atoms with Crippen LogP contribution < -0.4 is 5.32 Å². The van der Waals surface area contributed by atoms with Gasteiger partial charge in [-0.3, -0.25) is 9.78 Å². The molecule has 1 aliphatic rings. The smallest absolute Gasteiger partial charge is 0.266 e. The number of thiophene rings is 1. The lowest BCUT2D eigenvalue weighted by atomic mass is 9.89. The summed E-state index contributed by atoms with van der Waals surface area (Å²) in [5, 5.41) is 5.12. The van der Waals surface area contributed by atoms with Crippen LogP contribution in [0.3, 0.4) is 0 Å². The molecular weight excluding hydrogens is 490 g/mol. The van der Waals surface area contributed by atoms with Crippen molar-refractivity contribution >= 4 is 38.9 Å². The van der Waals surface area contributed by atoms with E-state index in [1.807, 2.05) is 47.4 Å². The summed E-state index contributed by atoms with van der Waals surface area (Å²) in [6, 6.07) is 14.3. The van der Waals surface area contributed by atoms with E-state index in [2.05, 4.69) is 22.2 Å². The van der Waals surface area contributed by atoms with Crippen LogP contribution in [-0.4, -0.2) is 44.4 Å².